The zero-order valence-electron chi connectivity index (χ0n) is 18.8. The highest BCUT2D eigenvalue weighted by Gasteiger charge is 2.58. The minimum Gasteiger partial charge on any atom is -0.346 e. The molecule has 1 fully saturated rings. The average Bonchev–Trinajstić information content (AvgIpc) is 3.38. The number of benzene rings is 2. The lowest BCUT2D eigenvalue weighted by molar-refractivity contribution is -0.245. The van der Waals surface area contributed by atoms with Crippen LogP contribution in [0, 0.1) is 11.2 Å². The summed E-state index contributed by atoms with van der Waals surface area (Å²) in [5.41, 5.74) is 3.28. The largest absolute Gasteiger partial charge is 0.346 e. The van der Waals surface area contributed by atoms with E-state index in [1.807, 2.05) is 29.1 Å². The molecule has 5 rings (SSSR count). The molecule has 5 heteroatoms. The Morgan fingerprint density at radius 2 is 1.81 bits per heavy atom. The van der Waals surface area contributed by atoms with Gasteiger partial charge in [-0.05, 0) is 54.8 Å². The van der Waals surface area contributed by atoms with Crippen LogP contribution in [0.5, 0.6) is 0 Å². The molecule has 1 aliphatic carbocycles. The topological polar surface area (TPSA) is 36.3 Å². The van der Waals surface area contributed by atoms with Crippen molar-refractivity contribution < 1.29 is 13.9 Å². The van der Waals surface area contributed by atoms with Crippen molar-refractivity contribution in [3.05, 3.63) is 89.5 Å². The first-order chi connectivity index (χ1) is 15.4. The molecule has 32 heavy (non-hydrogen) atoms. The lowest BCUT2D eigenvalue weighted by Crippen LogP contribution is -2.49. The Morgan fingerprint density at radius 3 is 2.53 bits per heavy atom. The Labute approximate surface area is 188 Å². The third-order valence-electron chi connectivity index (χ3n) is 6.93. The van der Waals surface area contributed by atoms with Crippen molar-refractivity contribution in [2.45, 2.75) is 51.4 Å². The number of aromatic nitrogens is 2. The second kappa shape index (κ2) is 7.68. The van der Waals surface area contributed by atoms with Crippen LogP contribution in [-0.2, 0) is 21.5 Å². The number of fused-ring (bicyclic) bond motifs is 1. The average molecular weight is 433 g/mol. The third kappa shape index (κ3) is 3.31. The molecule has 1 aromatic heterocycles. The zero-order valence-corrected chi connectivity index (χ0v) is 18.8. The van der Waals surface area contributed by atoms with Gasteiger partial charge >= 0.3 is 0 Å². The van der Waals surface area contributed by atoms with Crippen LogP contribution in [0.1, 0.15) is 50.4 Å². The summed E-state index contributed by atoms with van der Waals surface area (Å²) in [5.74, 6) is -0.977. The normalized spacial score (nSPS) is 29.2. The summed E-state index contributed by atoms with van der Waals surface area (Å²) in [5, 5.41) is 4.60. The van der Waals surface area contributed by atoms with E-state index < -0.39 is 11.4 Å². The number of halogens is 1. The van der Waals surface area contributed by atoms with Crippen LogP contribution in [0.2, 0.25) is 0 Å². The molecule has 0 bridgehead atoms. The van der Waals surface area contributed by atoms with E-state index in [9.17, 15) is 4.39 Å². The van der Waals surface area contributed by atoms with Gasteiger partial charge in [-0.25, -0.2) is 9.07 Å². The van der Waals surface area contributed by atoms with Gasteiger partial charge < -0.3 is 9.47 Å². The van der Waals surface area contributed by atoms with Crippen molar-refractivity contribution in [3.8, 4) is 5.69 Å². The van der Waals surface area contributed by atoms with Crippen LogP contribution in [0.4, 0.5) is 4.39 Å². The Balaban J connectivity index is 1.49. The minimum atomic E-state index is -0.724. The van der Waals surface area contributed by atoms with E-state index in [2.05, 4.69) is 50.2 Å². The Kier molecular flexibility index (Phi) is 5.06. The molecule has 0 saturated carbocycles. The molecule has 2 aliphatic rings. The Bertz CT molecular complexity index is 1140. The van der Waals surface area contributed by atoms with Crippen molar-refractivity contribution in [2.75, 3.05) is 6.61 Å². The lowest BCUT2D eigenvalue weighted by atomic mass is 9.71. The number of hydrogen-bond acceptors (Lipinski definition) is 3. The second-order valence-electron chi connectivity index (χ2n) is 9.36. The highest BCUT2D eigenvalue weighted by Crippen LogP contribution is 2.53. The summed E-state index contributed by atoms with van der Waals surface area (Å²) in [7, 11) is 0. The Morgan fingerprint density at radius 1 is 1.06 bits per heavy atom. The van der Waals surface area contributed by atoms with Gasteiger partial charge in [0.2, 0.25) is 0 Å². The first-order valence-electron chi connectivity index (χ1n) is 11.3. The molecule has 2 aromatic carbocycles. The van der Waals surface area contributed by atoms with Gasteiger partial charge in [0.1, 0.15) is 11.4 Å². The van der Waals surface area contributed by atoms with E-state index in [4.69, 9.17) is 9.47 Å². The first-order valence-corrected chi connectivity index (χ1v) is 11.3. The zero-order chi connectivity index (χ0) is 22.4. The number of ether oxygens (including phenoxy) is 2. The van der Waals surface area contributed by atoms with Crippen LogP contribution < -0.4 is 0 Å². The fourth-order valence-corrected chi connectivity index (χ4v) is 5.10. The fraction of sp³-hybridized carbons (Fsp3) is 0.370. The van der Waals surface area contributed by atoms with Crippen LogP contribution in [-0.4, -0.2) is 22.2 Å². The minimum absolute atomic E-state index is 0.253. The summed E-state index contributed by atoms with van der Waals surface area (Å²) < 4.78 is 28.7. The van der Waals surface area contributed by atoms with Gasteiger partial charge in [-0.3, -0.25) is 0 Å². The first kappa shape index (κ1) is 21.1. The fourth-order valence-electron chi connectivity index (χ4n) is 5.10. The quantitative estimate of drug-likeness (QED) is 0.493. The monoisotopic (exact) mass is 432 g/mol. The number of hydrogen-bond donors (Lipinski definition) is 0. The van der Waals surface area contributed by atoms with Gasteiger partial charge in [-0.1, -0.05) is 56.7 Å². The standard InChI is InChI=1S/C27H29FN2O2/c1-4-15-27(31-19-26(3,32-27)21-8-6-5-7-9-21)25(2)16-14-24-20(17-25)18-29-30(24)23-12-10-22(28)11-13-23/h5-14,16,18H,4,15,17,19H2,1-3H3/t25-,26+,27-/m1/s1. The number of nitrogens with zero attached hydrogens (tertiary/aromatic N) is 2. The van der Waals surface area contributed by atoms with Gasteiger partial charge in [-0.15, -0.1) is 0 Å². The molecular formula is C27H29FN2O2. The molecule has 1 aliphatic heterocycles. The third-order valence-corrected chi connectivity index (χ3v) is 6.93. The van der Waals surface area contributed by atoms with Crippen molar-refractivity contribution >= 4 is 6.08 Å². The summed E-state index contributed by atoms with van der Waals surface area (Å²) in [6.07, 6.45) is 8.74. The van der Waals surface area contributed by atoms with Crippen LogP contribution >= 0.6 is 0 Å². The molecule has 0 N–H and O–H groups in total. The maximum Gasteiger partial charge on any atom is 0.178 e. The SMILES string of the molecule is CCC[C@@]1([C@]2(C)C=Cc3c(cnn3-c3ccc(F)cc3)C2)OC[C@@](C)(c2ccccc2)O1. The summed E-state index contributed by atoms with van der Waals surface area (Å²) >= 11 is 0. The molecule has 0 spiro atoms. The number of rotatable bonds is 5. The summed E-state index contributed by atoms with van der Waals surface area (Å²) in [6.45, 7) is 7.02. The molecule has 3 atom stereocenters. The van der Waals surface area contributed by atoms with E-state index in [1.165, 1.54) is 12.1 Å². The van der Waals surface area contributed by atoms with Crippen molar-refractivity contribution in [1.29, 1.82) is 0 Å². The Hall–Kier alpha value is -2.76. The maximum atomic E-state index is 13.4. The smallest absolute Gasteiger partial charge is 0.178 e. The predicted octanol–water partition coefficient (Wildman–Crippen LogP) is 6.05. The van der Waals surface area contributed by atoms with Gasteiger partial charge in [0.15, 0.2) is 5.79 Å². The molecule has 0 radical (unpaired) electrons. The van der Waals surface area contributed by atoms with E-state index in [0.29, 0.717) is 6.61 Å². The predicted molar refractivity (Wildman–Crippen MR) is 123 cm³/mol. The van der Waals surface area contributed by atoms with E-state index >= 15 is 0 Å². The van der Waals surface area contributed by atoms with E-state index in [1.54, 1.807) is 12.1 Å². The molecule has 3 aromatic rings. The highest BCUT2D eigenvalue weighted by molar-refractivity contribution is 5.57. The summed E-state index contributed by atoms with van der Waals surface area (Å²) in [4.78, 5) is 0. The molecule has 2 heterocycles. The van der Waals surface area contributed by atoms with Crippen LogP contribution in [0.25, 0.3) is 11.8 Å². The van der Waals surface area contributed by atoms with Crippen LogP contribution in [0.15, 0.2) is 66.9 Å². The van der Waals surface area contributed by atoms with Gasteiger partial charge in [-0.2, -0.15) is 5.10 Å². The van der Waals surface area contributed by atoms with Crippen molar-refractivity contribution in [3.63, 3.8) is 0 Å². The second-order valence-corrected chi connectivity index (χ2v) is 9.36. The summed E-state index contributed by atoms with van der Waals surface area (Å²) in [6, 6.07) is 16.7. The van der Waals surface area contributed by atoms with E-state index in [0.717, 1.165) is 41.8 Å². The molecule has 0 unspecified atom stereocenters. The molecular weight excluding hydrogens is 403 g/mol. The molecule has 0 amide bonds. The van der Waals surface area contributed by atoms with Gasteiger partial charge in [0, 0.05) is 11.8 Å². The lowest BCUT2D eigenvalue weighted by Gasteiger charge is -2.45. The molecule has 1 saturated heterocycles. The van der Waals surface area contributed by atoms with Crippen molar-refractivity contribution in [2.24, 2.45) is 5.41 Å². The van der Waals surface area contributed by atoms with Crippen molar-refractivity contribution in [1.82, 2.24) is 9.78 Å². The van der Waals surface area contributed by atoms with E-state index in [-0.39, 0.29) is 11.2 Å². The van der Waals surface area contributed by atoms with Gasteiger partial charge in [0.25, 0.3) is 0 Å². The van der Waals surface area contributed by atoms with Crippen LogP contribution in [0.3, 0.4) is 0 Å². The maximum absolute atomic E-state index is 13.4. The molecule has 4 nitrogen and oxygen atoms in total. The molecule has 166 valence electrons. The van der Waals surface area contributed by atoms with Gasteiger partial charge in [0.05, 0.1) is 24.2 Å². The highest BCUT2D eigenvalue weighted by atomic mass is 19.1.